The van der Waals surface area contributed by atoms with Crippen LogP contribution in [0.4, 0.5) is 5.69 Å². The number of hydrogen-bond donors (Lipinski definition) is 1. The number of carbonyl (C=O) groups excluding carboxylic acids is 2. The first kappa shape index (κ1) is 29.5. The quantitative estimate of drug-likeness (QED) is 0.406. The minimum atomic E-state index is -3.92. The molecule has 0 bridgehead atoms. The number of amides is 2. The molecule has 12 heteroatoms. The summed E-state index contributed by atoms with van der Waals surface area (Å²) in [5.74, 6) is -0.984. The molecule has 0 aromatic heterocycles. The topological polar surface area (TPSA) is 86.8 Å². The summed E-state index contributed by atoms with van der Waals surface area (Å²) in [6, 6.07) is 8.12. The summed E-state index contributed by atoms with van der Waals surface area (Å²) < 4.78 is 26.1. The van der Waals surface area contributed by atoms with Crippen molar-refractivity contribution in [1.29, 1.82) is 0 Å². The van der Waals surface area contributed by atoms with E-state index in [2.05, 4.69) is 5.32 Å². The lowest BCUT2D eigenvalue weighted by molar-refractivity contribution is -0.139. The van der Waals surface area contributed by atoms with E-state index in [0.717, 1.165) is 10.6 Å². The Labute approximate surface area is 226 Å². The fraction of sp³-hybridized carbons (Fsp3) is 0.391. The summed E-state index contributed by atoms with van der Waals surface area (Å²) in [5, 5.41) is 3.87. The van der Waals surface area contributed by atoms with Crippen molar-refractivity contribution in [2.45, 2.75) is 45.8 Å². The molecular weight excluding hydrogens is 556 g/mol. The number of carbonyl (C=O) groups is 2. The maximum absolute atomic E-state index is 13.5. The maximum Gasteiger partial charge on any atom is 0.244 e. The highest BCUT2D eigenvalue weighted by atomic mass is 35.5. The smallest absolute Gasteiger partial charge is 0.244 e. The molecule has 7 nitrogen and oxygen atoms in total. The van der Waals surface area contributed by atoms with Gasteiger partial charge in [0.05, 0.1) is 27.0 Å². The predicted molar refractivity (Wildman–Crippen MR) is 143 cm³/mol. The number of sulfonamides is 1. The zero-order valence-electron chi connectivity index (χ0n) is 19.7. The zero-order valence-corrected chi connectivity index (χ0v) is 23.5. The van der Waals surface area contributed by atoms with Gasteiger partial charge in [0, 0.05) is 17.6 Å². The van der Waals surface area contributed by atoms with Crippen LogP contribution >= 0.6 is 46.4 Å². The largest absolute Gasteiger partial charge is 0.352 e. The fourth-order valence-corrected chi connectivity index (χ4v) is 4.90. The normalized spacial score (nSPS) is 13.1. The molecular formula is C23H27Cl4N3O4S. The molecule has 0 aliphatic rings. The number of benzene rings is 2. The van der Waals surface area contributed by atoms with Crippen molar-refractivity contribution in [1.82, 2.24) is 10.2 Å². The molecule has 1 N–H and O–H groups in total. The van der Waals surface area contributed by atoms with Crippen LogP contribution in [0.2, 0.25) is 20.1 Å². The highest BCUT2D eigenvalue weighted by Crippen LogP contribution is 2.31. The van der Waals surface area contributed by atoms with Gasteiger partial charge >= 0.3 is 0 Å². The molecule has 2 amide bonds. The Morgan fingerprint density at radius 1 is 0.971 bits per heavy atom. The van der Waals surface area contributed by atoms with E-state index in [1.165, 1.54) is 23.1 Å². The van der Waals surface area contributed by atoms with Gasteiger partial charge in [0.1, 0.15) is 12.6 Å². The van der Waals surface area contributed by atoms with E-state index >= 15 is 0 Å². The van der Waals surface area contributed by atoms with Crippen molar-refractivity contribution in [3.05, 3.63) is 62.1 Å². The molecule has 0 aliphatic heterocycles. The van der Waals surface area contributed by atoms with Gasteiger partial charge in [-0.2, -0.15) is 0 Å². The van der Waals surface area contributed by atoms with E-state index < -0.39 is 28.5 Å². The SMILES string of the molecule is CC[C@H](C)NC(=O)[C@@H](C)N(Cc1ccc(Cl)c(Cl)c1)C(=O)CN(c1ccc(Cl)cc1Cl)S(C)(=O)=O. The molecule has 0 saturated carbocycles. The summed E-state index contributed by atoms with van der Waals surface area (Å²) in [5.41, 5.74) is 0.712. The zero-order chi connectivity index (χ0) is 26.5. The van der Waals surface area contributed by atoms with Crippen molar-refractivity contribution >= 4 is 73.9 Å². The molecule has 2 aromatic carbocycles. The van der Waals surface area contributed by atoms with E-state index in [1.807, 2.05) is 13.8 Å². The molecule has 0 unspecified atom stereocenters. The third kappa shape index (κ3) is 8.15. The van der Waals surface area contributed by atoms with Crippen LogP contribution in [-0.2, 0) is 26.2 Å². The third-order valence-electron chi connectivity index (χ3n) is 5.36. The van der Waals surface area contributed by atoms with Gasteiger partial charge in [-0.05, 0) is 56.2 Å². The molecule has 35 heavy (non-hydrogen) atoms. The number of nitrogens with one attached hydrogen (secondary N) is 1. The Morgan fingerprint density at radius 2 is 1.63 bits per heavy atom. The fourth-order valence-electron chi connectivity index (χ4n) is 3.16. The first-order chi connectivity index (χ1) is 16.2. The van der Waals surface area contributed by atoms with Gasteiger partial charge in [-0.15, -0.1) is 0 Å². The number of halogens is 4. The van der Waals surface area contributed by atoms with E-state index in [1.54, 1.807) is 25.1 Å². The molecule has 0 radical (unpaired) electrons. The van der Waals surface area contributed by atoms with Gasteiger partial charge < -0.3 is 10.2 Å². The van der Waals surface area contributed by atoms with Crippen LogP contribution in [0, 0.1) is 0 Å². The van der Waals surface area contributed by atoms with Crippen LogP contribution in [0.25, 0.3) is 0 Å². The van der Waals surface area contributed by atoms with Crippen molar-refractivity contribution in [2.24, 2.45) is 0 Å². The minimum Gasteiger partial charge on any atom is -0.352 e. The second-order valence-corrected chi connectivity index (χ2v) is 11.7. The molecule has 2 atom stereocenters. The second-order valence-electron chi connectivity index (χ2n) is 8.13. The van der Waals surface area contributed by atoms with Crippen molar-refractivity contribution in [3.8, 4) is 0 Å². The van der Waals surface area contributed by atoms with E-state index in [9.17, 15) is 18.0 Å². The standard InChI is InChI=1S/C23H27Cl4N3O4S/c1-5-14(2)28-23(32)15(3)29(12-16-6-8-18(25)19(26)10-16)22(31)13-30(35(4,33)34)21-9-7-17(24)11-20(21)27/h6-11,14-15H,5,12-13H2,1-4H3,(H,28,32)/t14-,15+/m0/s1. The van der Waals surface area contributed by atoms with E-state index in [4.69, 9.17) is 46.4 Å². The Bertz CT molecular complexity index is 1190. The maximum atomic E-state index is 13.5. The average Bonchev–Trinajstić information content (AvgIpc) is 2.77. The Kier molecular flexibility index (Phi) is 10.5. The lowest BCUT2D eigenvalue weighted by atomic mass is 10.1. The number of nitrogens with zero attached hydrogens (tertiary/aromatic N) is 2. The lowest BCUT2D eigenvalue weighted by Crippen LogP contribution is -2.52. The molecule has 192 valence electrons. The monoisotopic (exact) mass is 581 g/mol. The van der Waals surface area contributed by atoms with Gasteiger partial charge in [0.2, 0.25) is 21.8 Å². The van der Waals surface area contributed by atoms with Crippen LogP contribution in [0.15, 0.2) is 36.4 Å². The highest BCUT2D eigenvalue weighted by Gasteiger charge is 2.31. The number of anilines is 1. The Morgan fingerprint density at radius 3 is 2.17 bits per heavy atom. The molecule has 0 aliphatic carbocycles. The molecule has 0 fully saturated rings. The van der Waals surface area contributed by atoms with Gasteiger partial charge in [-0.1, -0.05) is 59.4 Å². The predicted octanol–water partition coefficient (Wildman–Crippen LogP) is 5.40. The summed E-state index contributed by atoms with van der Waals surface area (Å²) in [7, 11) is -3.92. The van der Waals surface area contributed by atoms with Gasteiger partial charge in [0.15, 0.2) is 0 Å². The van der Waals surface area contributed by atoms with E-state index in [-0.39, 0.29) is 29.2 Å². The van der Waals surface area contributed by atoms with E-state index in [0.29, 0.717) is 27.1 Å². The second kappa shape index (κ2) is 12.5. The molecule has 2 aromatic rings. The molecule has 0 spiro atoms. The number of hydrogen-bond acceptors (Lipinski definition) is 4. The average molecular weight is 583 g/mol. The van der Waals surface area contributed by atoms with Crippen LogP contribution in [0.5, 0.6) is 0 Å². The van der Waals surface area contributed by atoms with Crippen LogP contribution in [0.3, 0.4) is 0 Å². The summed E-state index contributed by atoms with van der Waals surface area (Å²) >= 11 is 24.3. The highest BCUT2D eigenvalue weighted by molar-refractivity contribution is 7.92. The van der Waals surface area contributed by atoms with Crippen molar-refractivity contribution in [2.75, 3.05) is 17.1 Å². The summed E-state index contributed by atoms with van der Waals surface area (Å²) in [6.45, 7) is 4.77. The van der Waals surface area contributed by atoms with Gasteiger partial charge in [-0.25, -0.2) is 8.42 Å². The Balaban J connectivity index is 2.44. The third-order valence-corrected chi connectivity index (χ3v) is 7.77. The van der Waals surface area contributed by atoms with Crippen molar-refractivity contribution < 1.29 is 18.0 Å². The summed E-state index contributed by atoms with van der Waals surface area (Å²) in [6.07, 6.45) is 1.67. The molecule has 2 rings (SSSR count). The molecule has 0 saturated heterocycles. The minimum absolute atomic E-state index is 0.00321. The number of rotatable bonds is 10. The Hall–Kier alpha value is -1.71. The lowest BCUT2D eigenvalue weighted by Gasteiger charge is -2.32. The first-order valence-electron chi connectivity index (χ1n) is 10.7. The van der Waals surface area contributed by atoms with Crippen LogP contribution in [-0.4, -0.2) is 50.0 Å². The van der Waals surface area contributed by atoms with Crippen LogP contribution in [0.1, 0.15) is 32.8 Å². The summed E-state index contributed by atoms with van der Waals surface area (Å²) in [4.78, 5) is 27.7. The van der Waals surface area contributed by atoms with Crippen molar-refractivity contribution in [3.63, 3.8) is 0 Å². The van der Waals surface area contributed by atoms with Gasteiger partial charge in [-0.3, -0.25) is 13.9 Å². The first-order valence-corrected chi connectivity index (χ1v) is 14.1. The van der Waals surface area contributed by atoms with Crippen LogP contribution < -0.4 is 9.62 Å². The molecule has 0 heterocycles. The van der Waals surface area contributed by atoms with Gasteiger partial charge in [0.25, 0.3) is 0 Å².